The summed E-state index contributed by atoms with van der Waals surface area (Å²) in [7, 11) is 0. The predicted molar refractivity (Wildman–Crippen MR) is 100 cm³/mol. The first-order chi connectivity index (χ1) is 13.7. The van der Waals surface area contributed by atoms with E-state index in [9.17, 15) is 4.79 Å². The third-order valence-electron chi connectivity index (χ3n) is 4.46. The minimum atomic E-state index is -0.0848. The number of nitrogens with two attached hydrogens (primary N) is 1. The van der Waals surface area contributed by atoms with Crippen LogP contribution in [0, 0.1) is 0 Å². The molecule has 4 heterocycles. The van der Waals surface area contributed by atoms with Gasteiger partial charge in [-0.3, -0.25) is 9.69 Å². The second kappa shape index (κ2) is 8.09. The van der Waals surface area contributed by atoms with Gasteiger partial charge >= 0.3 is 0 Å². The predicted octanol–water partition coefficient (Wildman–Crippen LogP) is 1.21. The van der Waals surface area contributed by atoms with Crippen LogP contribution in [0.5, 0.6) is 0 Å². The molecular formula is C18H21N7O3. The highest BCUT2D eigenvalue weighted by molar-refractivity contribution is 5.91. The molecule has 0 aromatic carbocycles. The van der Waals surface area contributed by atoms with Crippen LogP contribution in [-0.2, 0) is 13.1 Å². The van der Waals surface area contributed by atoms with Gasteiger partial charge in [-0.05, 0) is 24.3 Å². The monoisotopic (exact) mass is 383 g/mol. The Morgan fingerprint density at radius 1 is 1.07 bits per heavy atom. The van der Waals surface area contributed by atoms with Gasteiger partial charge in [0.05, 0.1) is 25.6 Å². The number of furan rings is 2. The normalized spacial score (nSPS) is 14.9. The van der Waals surface area contributed by atoms with Gasteiger partial charge in [-0.15, -0.1) is 0 Å². The summed E-state index contributed by atoms with van der Waals surface area (Å²) in [5, 5.41) is 3.09. The fourth-order valence-electron chi connectivity index (χ4n) is 3.03. The molecule has 28 heavy (non-hydrogen) atoms. The number of rotatable bonds is 6. The first-order valence-corrected chi connectivity index (χ1v) is 8.99. The standard InChI is InChI=1S/C18H21N7O3/c19-17-21-15(22-18(23-17)20-11-13-3-1-9-27-13)12-24-5-7-25(8-6-24)16(26)14-4-2-10-28-14/h1-4,9-10H,5-8,11-12H2,(H3,19,20,21,22,23). The molecule has 10 nitrogen and oxygen atoms in total. The molecule has 0 radical (unpaired) electrons. The Morgan fingerprint density at radius 2 is 1.86 bits per heavy atom. The Kier molecular flexibility index (Phi) is 5.20. The van der Waals surface area contributed by atoms with E-state index in [1.165, 1.54) is 6.26 Å². The Morgan fingerprint density at radius 3 is 2.57 bits per heavy atom. The van der Waals surface area contributed by atoms with Gasteiger partial charge in [0.1, 0.15) is 11.6 Å². The summed E-state index contributed by atoms with van der Waals surface area (Å²) < 4.78 is 10.5. The van der Waals surface area contributed by atoms with Crippen molar-refractivity contribution in [3.63, 3.8) is 0 Å². The van der Waals surface area contributed by atoms with Crippen LogP contribution in [0.3, 0.4) is 0 Å². The first-order valence-electron chi connectivity index (χ1n) is 8.99. The summed E-state index contributed by atoms with van der Waals surface area (Å²) in [5.41, 5.74) is 5.82. The smallest absolute Gasteiger partial charge is 0.289 e. The summed E-state index contributed by atoms with van der Waals surface area (Å²) in [4.78, 5) is 29.1. The molecule has 4 rings (SSSR count). The van der Waals surface area contributed by atoms with Crippen molar-refractivity contribution in [3.8, 4) is 0 Å². The average molecular weight is 383 g/mol. The average Bonchev–Trinajstić information content (AvgIpc) is 3.40. The van der Waals surface area contributed by atoms with Crippen LogP contribution in [0.4, 0.5) is 11.9 Å². The van der Waals surface area contributed by atoms with Crippen molar-refractivity contribution < 1.29 is 13.6 Å². The number of anilines is 2. The summed E-state index contributed by atoms with van der Waals surface area (Å²) in [6, 6.07) is 7.08. The summed E-state index contributed by atoms with van der Waals surface area (Å²) >= 11 is 0. The lowest BCUT2D eigenvalue weighted by Crippen LogP contribution is -2.48. The molecule has 3 N–H and O–H groups in total. The molecule has 0 atom stereocenters. The zero-order chi connectivity index (χ0) is 19.3. The van der Waals surface area contributed by atoms with Gasteiger partial charge in [0.25, 0.3) is 5.91 Å². The van der Waals surface area contributed by atoms with Crippen LogP contribution < -0.4 is 11.1 Å². The van der Waals surface area contributed by atoms with E-state index >= 15 is 0 Å². The van der Waals surface area contributed by atoms with E-state index < -0.39 is 0 Å². The Balaban J connectivity index is 1.32. The molecule has 146 valence electrons. The summed E-state index contributed by atoms with van der Waals surface area (Å²) in [6.45, 7) is 3.65. The number of hydrogen-bond donors (Lipinski definition) is 2. The first kappa shape index (κ1) is 18.0. The molecule has 1 aliphatic heterocycles. The van der Waals surface area contributed by atoms with Crippen molar-refractivity contribution in [2.45, 2.75) is 13.1 Å². The van der Waals surface area contributed by atoms with Crippen molar-refractivity contribution in [1.82, 2.24) is 24.8 Å². The lowest BCUT2D eigenvalue weighted by atomic mass is 10.3. The topological polar surface area (TPSA) is 127 Å². The van der Waals surface area contributed by atoms with E-state index in [-0.39, 0.29) is 11.9 Å². The second-order valence-corrected chi connectivity index (χ2v) is 6.41. The molecule has 0 saturated carbocycles. The molecule has 0 spiro atoms. The molecule has 1 amide bonds. The van der Waals surface area contributed by atoms with Gasteiger partial charge in [0, 0.05) is 26.2 Å². The van der Waals surface area contributed by atoms with Gasteiger partial charge in [-0.2, -0.15) is 15.0 Å². The lowest BCUT2D eigenvalue weighted by molar-refractivity contribution is 0.0595. The molecule has 1 saturated heterocycles. The minimum Gasteiger partial charge on any atom is -0.467 e. The van der Waals surface area contributed by atoms with Crippen LogP contribution in [0.15, 0.2) is 45.6 Å². The summed E-state index contributed by atoms with van der Waals surface area (Å²) in [5.74, 6) is 2.21. The molecule has 0 unspecified atom stereocenters. The maximum absolute atomic E-state index is 12.3. The van der Waals surface area contributed by atoms with E-state index in [0.29, 0.717) is 56.8 Å². The van der Waals surface area contributed by atoms with Gasteiger partial charge < -0.3 is 24.8 Å². The fraction of sp³-hybridized carbons (Fsp3) is 0.333. The van der Waals surface area contributed by atoms with Gasteiger partial charge in [-0.1, -0.05) is 0 Å². The highest BCUT2D eigenvalue weighted by atomic mass is 16.3. The molecule has 10 heteroatoms. The third-order valence-corrected chi connectivity index (χ3v) is 4.46. The van der Waals surface area contributed by atoms with Crippen LogP contribution in [0.1, 0.15) is 22.1 Å². The molecule has 1 fully saturated rings. The zero-order valence-electron chi connectivity index (χ0n) is 15.2. The summed E-state index contributed by atoms with van der Waals surface area (Å²) in [6.07, 6.45) is 3.12. The van der Waals surface area contributed by atoms with Crippen molar-refractivity contribution >= 4 is 17.8 Å². The highest BCUT2D eigenvalue weighted by Crippen LogP contribution is 2.12. The molecular weight excluding hydrogens is 362 g/mol. The molecule has 3 aromatic rings. The second-order valence-electron chi connectivity index (χ2n) is 6.41. The van der Waals surface area contributed by atoms with E-state index in [1.807, 2.05) is 12.1 Å². The van der Waals surface area contributed by atoms with Crippen molar-refractivity contribution in [3.05, 3.63) is 54.1 Å². The quantitative estimate of drug-likeness (QED) is 0.645. The largest absolute Gasteiger partial charge is 0.467 e. The molecule has 0 aliphatic carbocycles. The number of carbonyl (C=O) groups excluding carboxylic acids is 1. The van der Waals surface area contributed by atoms with E-state index in [4.69, 9.17) is 14.6 Å². The Labute approximate surface area is 161 Å². The van der Waals surface area contributed by atoms with Crippen LogP contribution in [-0.4, -0.2) is 56.8 Å². The maximum Gasteiger partial charge on any atom is 0.289 e. The van der Waals surface area contributed by atoms with Crippen LogP contribution in [0.2, 0.25) is 0 Å². The van der Waals surface area contributed by atoms with Crippen molar-refractivity contribution in [1.29, 1.82) is 0 Å². The maximum atomic E-state index is 12.3. The SMILES string of the molecule is Nc1nc(CN2CCN(C(=O)c3ccco3)CC2)nc(NCc2ccco2)n1. The van der Waals surface area contributed by atoms with E-state index in [1.54, 1.807) is 23.3 Å². The Hall–Kier alpha value is -3.40. The van der Waals surface area contributed by atoms with Gasteiger partial charge in [0.2, 0.25) is 11.9 Å². The highest BCUT2D eigenvalue weighted by Gasteiger charge is 2.24. The van der Waals surface area contributed by atoms with Crippen molar-refractivity contribution in [2.24, 2.45) is 0 Å². The molecule has 0 bridgehead atoms. The fourth-order valence-corrected chi connectivity index (χ4v) is 3.03. The number of piperazine rings is 1. The third kappa shape index (κ3) is 4.29. The number of aromatic nitrogens is 3. The number of nitrogens with one attached hydrogen (secondary N) is 1. The van der Waals surface area contributed by atoms with Crippen LogP contribution in [0.25, 0.3) is 0 Å². The van der Waals surface area contributed by atoms with Gasteiger partial charge in [-0.25, -0.2) is 0 Å². The Bertz CT molecular complexity index is 903. The number of hydrogen-bond acceptors (Lipinski definition) is 9. The number of carbonyl (C=O) groups is 1. The number of nitrogens with zero attached hydrogens (tertiary/aromatic N) is 5. The molecule has 1 aliphatic rings. The lowest BCUT2D eigenvalue weighted by Gasteiger charge is -2.33. The number of amides is 1. The van der Waals surface area contributed by atoms with Crippen LogP contribution >= 0.6 is 0 Å². The van der Waals surface area contributed by atoms with Gasteiger partial charge in [0.15, 0.2) is 5.76 Å². The van der Waals surface area contributed by atoms with E-state index in [0.717, 1.165) is 5.76 Å². The van der Waals surface area contributed by atoms with E-state index in [2.05, 4.69) is 25.2 Å². The zero-order valence-corrected chi connectivity index (χ0v) is 15.2. The minimum absolute atomic E-state index is 0.0848. The van der Waals surface area contributed by atoms with Crippen molar-refractivity contribution in [2.75, 3.05) is 37.2 Å². The molecule has 3 aromatic heterocycles. The number of nitrogen functional groups attached to an aromatic ring is 1.